The van der Waals surface area contributed by atoms with Crippen molar-refractivity contribution in [1.82, 2.24) is 0 Å². The van der Waals surface area contributed by atoms with E-state index in [1.54, 1.807) is 12.1 Å². The maximum absolute atomic E-state index is 9.13. The van der Waals surface area contributed by atoms with Crippen LogP contribution in [0.2, 0.25) is 5.02 Å². The van der Waals surface area contributed by atoms with Gasteiger partial charge in [0.05, 0.1) is 11.6 Å². The van der Waals surface area contributed by atoms with Gasteiger partial charge in [0, 0.05) is 5.56 Å². The molecule has 0 amide bonds. The second-order valence-corrected chi connectivity index (χ2v) is 6.68. The SMILES string of the molecule is Cc1ccc(C(C)(C)C)c(Oc2ccc(CO)cc2Cl)c1. The minimum absolute atomic E-state index is 0.0133. The fourth-order valence-corrected chi connectivity index (χ4v) is 2.42. The fraction of sp³-hybridized carbons (Fsp3) is 0.333. The Hall–Kier alpha value is -1.51. The molecule has 0 saturated heterocycles. The van der Waals surface area contributed by atoms with Crippen molar-refractivity contribution in [3.63, 3.8) is 0 Å². The van der Waals surface area contributed by atoms with Crippen molar-refractivity contribution in [3.8, 4) is 11.5 Å². The molecule has 21 heavy (non-hydrogen) atoms. The molecular formula is C18H21ClO2. The van der Waals surface area contributed by atoms with Crippen molar-refractivity contribution in [1.29, 1.82) is 0 Å². The van der Waals surface area contributed by atoms with Gasteiger partial charge in [-0.1, -0.05) is 50.6 Å². The zero-order valence-corrected chi connectivity index (χ0v) is 13.7. The summed E-state index contributed by atoms with van der Waals surface area (Å²) in [4.78, 5) is 0. The van der Waals surface area contributed by atoms with E-state index in [2.05, 4.69) is 32.9 Å². The van der Waals surface area contributed by atoms with Gasteiger partial charge in [0.1, 0.15) is 11.5 Å². The zero-order valence-electron chi connectivity index (χ0n) is 12.9. The van der Waals surface area contributed by atoms with Crippen LogP contribution in [0.4, 0.5) is 0 Å². The van der Waals surface area contributed by atoms with Crippen LogP contribution in [0, 0.1) is 6.92 Å². The highest BCUT2D eigenvalue weighted by Gasteiger charge is 2.20. The Balaban J connectivity index is 2.41. The van der Waals surface area contributed by atoms with E-state index >= 15 is 0 Å². The zero-order chi connectivity index (χ0) is 15.6. The van der Waals surface area contributed by atoms with Gasteiger partial charge in [-0.2, -0.15) is 0 Å². The van der Waals surface area contributed by atoms with Crippen LogP contribution in [0.1, 0.15) is 37.5 Å². The van der Waals surface area contributed by atoms with E-state index in [1.165, 1.54) is 0 Å². The van der Waals surface area contributed by atoms with E-state index < -0.39 is 0 Å². The van der Waals surface area contributed by atoms with Crippen LogP contribution < -0.4 is 4.74 Å². The standard InChI is InChI=1S/C18H21ClO2/c1-12-5-7-14(18(2,3)4)17(9-12)21-16-8-6-13(11-20)10-15(16)19/h5-10,20H,11H2,1-4H3. The van der Waals surface area contributed by atoms with E-state index in [0.29, 0.717) is 10.8 Å². The predicted octanol–water partition coefficient (Wildman–Crippen LogP) is 5.23. The van der Waals surface area contributed by atoms with E-state index in [1.807, 2.05) is 19.1 Å². The molecule has 0 aliphatic heterocycles. The van der Waals surface area contributed by atoms with Gasteiger partial charge in [0.25, 0.3) is 0 Å². The molecule has 0 radical (unpaired) electrons. The highest BCUT2D eigenvalue weighted by Crippen LogP contribution is 2.37. The monoisotopic (exact) mass is 304 g/mol. The van der Waals surface area contributed by atoms with Gasteiger partial charge in [0.15, 0.2) is 0 Å². The normalized spacial score (nSPS) is 11.5. The lowest BCUT2D eigenvalue weighted by Crippen LogP contribution is -2.12. The quantitative estimate of drug-likeness (QED) is 0.841. The van der Waals surface area contributed by atoms with Crippen molar-refractivity contribution in [2.75, 3.05) is 0 Å². The number of aliphatic hydroxyl groups excluding tert-OH is 1. The largest absolute Gasteiger partial charge is 0.455 e. The summed E-state index contributed by atoms with van der Waals surface area (Å²) in [6, 6.07) is 11.5. The molecule has 2 aromatic carbocycles. The number of rotatable bonds is 3. The summed E-state index contributed by atoms with van der Waals surface area (Å²) in [5, 5.41) is 9.63. The van der Waals surface area contributed by atoms with Gasteiger partial charge < -0.3 is 9.84 Å². The summed E-state index contributed by atoms with van der Waals surface area (Å²) in [6.07, 6.45) is 0. The van der Waals surface area contributed by atoms with Crippen LogP contribution in [0.5, 0.6) is 11.5 Å². The van der Waals surface area contributed by atoms with E-state index in [9.17, 15) is 0 Å². The summed E-state index contributed by atoms with van der Waals surface area (Å²) in [6.45, 7) is 8.47. The van der Waals surface area contributed by atoms with Crippen LogP contribution in [0.25, 0.3) is 0 Å². The maximum atomic E-state index is 9.13. The molecule has 0 aliphatic carbocycles. The Morgan fingerprint density at radius 3 is 2.33 bits per heavy atom. The number of aryl methyl sites for hydroxylation is 1. The molecule has 2 aromatic rings. The number of ether oxygens (including phenoxy) is 1. The number of benzene rings is 2. The lowest BCUT2D eigenvalue weighted by atomic mass is 9.86. The number of hydrogen-bond acceptors (Lipinski definition) is 2. The summed E-state index contributed by atoms with van der Waals surface area (Å²) >= 11 is 6.23. The molecule has 0 aliphatic rings. The third-order valence-electron chi connectivity index (χ3n) is 3.34. The van der Waals surface area contributed by atoms with Crippen LogP contribution in [-0.4, -0.2) is 5.11 Å². The number of aliphatic hydroxyl groups is 1. The maximum Gasteiger partial charge on any atom is 0.146 e. The molecule has 1 N–H and O–H groups in total. The molecule has 3 heteroatoms. The van der Waals surface area contributed by atoms with Crippen LogP contribution in [0.3, 0.4) is 0 Å². The first-order valence-corrected chi connectivity index (χ1v) is 7.37. The average Bonchev–Trinajstić information content (AvgIpc) is 2.39. The fourth-order valence-electron chi connectivity index (χ4n) is 2.18. The van der Waals surface area contributed by atoms with Crippen molar-refractivity contribution in [2.45, 2.75) is 39.7 Å². The third kappa shape index (κ3) is 3.78. The molecule has 2 rings (SSSR count). The molecule has 2 nitrogen and oxygen atoms in total. The summed E-state index contributed by atoms with van der Waals surface area (Å²) in [7, 11) is 0. The van der Waals surface area contributed by atoms with Crippen molar-refractivity contribution >= 4 is 11.6 Å². The second-order valence-electron chi connectivity index (χ2n) is 6.27. The van der Waals surface area contributed by atoms with Crippen LogP contribution in [0.15, 0.2) is 36.4 Å². The Morgan fingerprint density at radius 2 is 1.76 bits per heavy atom. The molecule has 112 valence electrons. The minimum atomic E-state index is -0.0301. The van der Waals surface area contributed by atoms with Crippen LogP contribution in [-0.2, 0) is 12.0 Å². The van der Waals surface area contributed by atoms with Gasteiger partial charge in [-0.15, -0.1) is 0 Å². The smallest absolute Gasteiger partial charge is 0.146 e. The van der Waals surface area contributed by atoms with Gasteiger partial charge in [-0.05, 0) is 41.7 Å². The first-order valence-electron chi connectivity index (χ1n) is 6.99. The summed E-state index contributed by atoms with van der Waals surface area (Å²) < 4.78 is 6.03. The predicted molar refractivity (Wildman–Crippen MR) is 87.3 cm³/mol. The van der Waals surface area contributed by atoms with Crippen molar-refractivity contribution < 1.29 is 9.84 Å². The number of halogens is 1. The molecular weight excluding hydrogens is 284 g/mol. The number of hydrogen-bond donors (Lipinski definition) is 1. The Kier molecular flexibility index (Phi) is 4.60. The summed E-state index contributed by atoms with van der Waals surface area (Å²) in [5.74, 6) is 1.42. The van der Waals surface area contributed by atoms with Crippen molar-refractivity contribution in [2.24, 2.45) is 0 Å². The van der Waals surface area contributed by atoms with Crippen LogP contribution >= 0.6 is 11.6 Å². The molecule has 0 spiro atoms. The summed E-state index contributed by atoms with van der Waals surface area (Å²) in [5.41, 5.74) is 3.03. The lowest BCUT2D eigenvalue weighted by Gasteiger charge is -2.23. The molecule has 0 saturated carbocycles. The molecule has 0 bridgehead atoms. The van der Waals surface area contributed by atoms with Gasteiger partial charge in [0.2, 0.25) is 0 Å². The average molecular weight is 305 g/mol. The topological polar surface area (TPSA) is 29.5 Å². The van der Waals surface area contributed by atoms with E-state index in [0.717, 1.165) is 22.4 Å². The Morgan fingerprint density at radius 1 is 1.05 bits per heavy atom. The molecule has 0 fully saturated rings. The molecule has 0 aromatic heterocycles. The second kappa shape index (κ2) is 6.08. The highest BCUT2D eigenvalue weighted by molar-refractivity contribution is 6.32. The van der Waals surface area contributed by atoms with Gasteiger partial charge >= 0.3 is 0 Å². The third-order valence-corrected chi connectivity index (χ3v) is 3.64. The minimum Gasteiger partial charge on any atom is -0.455 e. The first-order chi connectivity index (χ1) is 9.81. The van der Waals surface area contributed by atoms with E-state index in [4.69, 9.17) is 21.4 Å². The van der Waals surface area contributed by atoms with Gasteiger partial charge in [-0.3, -0.25) is 0 Å². The lowest BCUT2D eigenvalue weighted by molar-refractivity contribution is 0.281. The molecule has 0 heterocycles. The highest BCUT2D eigenvalue weighted by atomic mass is 35.5. The molecule has 0 unspecified atom stereocenters. The van der Waals surface area contributed by atoms with Gasteiger partial charge in [-0.25, -0.2) is 0 Å². The first kappa shape index (κ1) is 15.9. The Bertz CT molecular complexity index is 642. The van der Waals surface area contributed by atoms with E-state index in [-0.39, 0.29) is 12.0 Å². The Labute approximate surface area is 131 Å². The van der Waals surface area contributed by atoms with Crippen molar-refractivity contribution in [3.05, 3.63) is 58.1 Å². The molecule has 0 atom stereocenters.